The molecule has 0 radical (unpaired) electrons. The summed E-state index contributed by atoms with van der Waals surface area (Å²) in [6.07, 6.45) is 1.17. The third-order valence-corrected chi connectivity index (χ3v) is 10.0. The minimum Gasteiger partial charge on any atom is -0.462 e. The van der Waals surface area contributed by atoms with Gasteiger partial charge in [0, 0.05) is 26.7 Å². The summed E-state index contributed by atoms with van der Waals surface area (Å²) in [5.41, 5.74) is 1.26. The first-order chi connectivity index (χ1) is 16.8. The summed E-state index contributed by atoms with van der Waals surface area (Å²) in [6, 6.07) is 8.52. The Morgan fingerprint density at radius 2 is 2.09 bits per heavy atom. The van der Waals surface area contributed by atoms with Gasteiger partial charge in [-0.3, -0.25) is 4.79 Å². The lowest BCUT2D eigenvalue weighted by molar-refractivity contribution is -0.122. The van der Waals surface area contributed by atoms with Crippen molar-refractivity contribution in [2.24, 2.45) is 10.9 Å². The van der Waals surface area contributed by atoms with E-state index in [9.17, 15) is 18.0 Å². The number of sulfonamides is 1. The minimum absolute atomic E-state index is 0.110. The summed E-state index contributed by atoms with van der Waals surface area (Å²) in [7, 11) is -2.02. The SMILES string of the molecule is CCOC(=O)c1ccc2c(c1)sc(=NC(=O)C1CCCN(S(=O)(=O)c3cccs3)C1)n2CCOC. The van der Waals surface area contributed by atoms with Crippen molar-refractivity contribution in [3.05, 3.63) is 46.1 Å². The maximum Gasteiger partial charge on any atom is 0.338 e. The van der Waals surface area contributed by atoms with Gasteiger partial charge < -0.3 is 14.0 Å². The van der Waals surface area contributed by atoms with Gasteiger partial charge in [-0.15, -0.1) is 11.3 Å². The Labute approximate surface area is 211 Å². The molecule has 1 atom stereocenters. The highest BCUT2D eigenvalue weighted by molar-refractivity contribution is 7.91. The van der Waals surface area contributed by atoms with E-state index in [1.807, 2.05) is 10.6 Å². The largest absolute Gasteiger partial charge is 0.462 e. The molecule has 4 rings (SSSR count). The molecule has 2 aromatic heterocycles. The lowest BCUT2D eigenvalue weighted by Gasteiger charge is -2.29. The Morgan fingerprint density at radius 3 is 2.80 bits per heavy atom. The van der Waals surface area contributed by atoms with Crippen LogP contribution >= 0.6 is 22.7 Å². The summed E-state index contributed by atoms with van der Waals surface area (Å²) >= 11 is 2.47. The number of amides is 1. The number of thiazole rings is 1. The van der Waals surface area contributed by atoms with Gasteiger partial charge in [-0.1, -0.05) is 17.4 Å². The van der Waals surface area contributed by atoms with Crippen LogP contribution in [0.25, 0.3) is 10.2 Å². The van der Waals surface area contributed by atoms with Crippen molar-refractivity contribution in [2.45, 2.75) is 30.5 Å². The van der Waals surface area contributed by atoms with Crippen LogP contribution in [0.3, 0.4) is 0 Å². The molecule has 1 aliphatic heterocycles. The highest BCUT2D eigenvalue weighted by Gasteiger charge is 2.33. The average Bonchev–Trinajstić information content (AvgIpc) is 3.51. The van der Waals surface area contributed by atoms with Crippen LogP contribution in [-0.4, -0.2) is 62.6 Å². The zero-order valence-corrected chi connectivity index (χ0v) is 22.0. The molecule has 188 valence electrons. The smallest absolute Gasteiger partial charge is 0.338 e. The van der Waals surface area contributed by atoms with Gasteiger partial charge in [-0.2, -0.15) is 9.30 Å². The van der Waals surface area contributed by atoms with Crippen LogP contribution in [0.1, 0.15) is 30.1 Å². The van der Waals surface area contributed by atoms with Gasteiger partial charge in [0.15, 0.2) is 4.80 Å². The third kappa shape index (κ3) is 5.56. The fourth-order valence-corrected chi connectivity index (χ4v) is 7.75. The van der Waals surface area contributed by atoms with Gasteiger partial charge in [0.1, 0.15) is 4.21 Å². The van der Waals surface area contributed by atoms with Crippen molar-refractivity contribution in [2.75, 3.05) is 33.4 Å². The van der Waals surface area contributed by atoms with E-state index >= 15 is 0 Å². The maximum absolute atomic E-state index is 13.2. The predicted octanol–water partition coefficient (Wildman–Crippen LogP) is 3.12. The second kappa shape index (κ2) is 11.1. The van der Waals surface area contributed by atoms with Gasteiger partial charge >= 0.3 is 5.97 Å². The first-order valence-corrected chi connectivity index (χ1v) is 14.4. The van der Waals surface area contributed by atoms with E-state index in [0.29, 0.717) is 42.9 Å². The predicted molar refractivity (Wildman–Crippen MR) is 134 cm³/mol. The van der Waals surface area contributed by atoms with Crippen molar-refractivity contribution in [3.63, 3.8) is 0 Å². The second-order valence-electron chi connectivity index (χ2n) is 8.02. The van der Waals surface area contributed by atoms with E-state index in [1.54, 1.807) is 43.7 Å². The number of thiophene rings is 1. The summed E-state index contributed by atoms with van der Waals surface area (Å²) < 4.78 is 40.6. The molecule has 0 bridgehead atoms. The molecular weight excluding hydrogens is 510 g/mol. The van der Waals surface area contributed by atoms with E-state index < -0.39 is 21.9 Å². The molecule has 9 nitrogen and oxygen atoms in total. The van der Waals surface area contributed by atoms with Crippen LogP contribution in [0.2, 0.25) is 0 Å². The van der Waals surface area contributed by atoms with Gasteiger partial charge in [0.25, 0.3) is 15.9 Å². The van der Waals surface area contributed by atoms with Crippen molar-refractivity contribution in [1.29, 1.82) is 0 Å². The van der Waals surface area contributed by atoms with E-state index in [0.717, 1.165) is 10.2 Å². The molecule has 3 aromatic rings. The number of hydrogen-bond acceptors (Lipinski definition) is 8. The Kier molecular flexibility index (Phi) is 8.17. The molecule has 0 aliphatic carbocycles. The van der Waals surface area contributed by atoms with Crippen LogP contribution in [0.5, 0.6) is 0 Å². The Hall–Kier alpha value is -2.38. The zero-order chi connectivity index (χ0) is 25.0. The van der Waals surface area contributed by atoms with E-state index in [2.05, 4.69) is 4.99 Å². The van der Waals surface area contributed by atoms with Crippen molar-refractivity contribution < 1.29 is 27.5 Å². The van der Waals surface area contributed by atoms with Gasteiger partial charge in [-0.25, -0.2) is 13.2 Å². The van der Waals surface area contributed by atoms with Gasteiger partial charge in [0.2, 0.25) is 0 Å². The number of aromatic nitrogens is 1. The lowest BCUT2D eigenvalue weighted by atomic mass is 9.99. The van der Waals surface area contributed by atoms with Crippen LogP contribution in [-0.2, 0) is 30.8 Å². The quantitative estimate of drug-likeness (QED) is 0.409. The first kappa shape index (κ1) is 25.7. The summed E-state index contributed by atoms with van der Waals surface area (Å²) in [6.45, 7) is 3.43. The fraction of sp³-hybridized carbons (Fsp3) is 0.435. The molecule has 1 unspecified atom stereocenters. The maximum atomic E-state index is 13.2. The fourth-order valence-electron chi connectivity index (χ4n) is 3.98. The number of carbonyl (C=O) groups is 2. The Morgan fingerprint density at radius 1 is 1.26 bits per heavy atom. The molecule has 3 heterocycles. The zero-order valence-electron chi connectivity index (χ0n) is 19.5. The number of hydrogen-bond donors (Lipinski definition) is 0. The van der Waals surface area contributed by atoms with Crippen molar-refractivity contribution in [3.8, 4) is 0 Å². The molecule has 1 amide bonds. The highest BCUT2D eigenvalue weighted by atomic mass is 32.2. The van der Waals surface area contributed by atoms with E-state index in [1.165, 1.54) is 27.0 Å². The molecule has 1 aromatic carbocycles. The molecular formula is C23H27N3O6S3. The monoisotopic (exact) mass is 537 g/mol. The number of piperidine rings is 1. The Bertz CT molecular complexity index is 1380. The van der Waals surface area contributed by atoms with Crippen LogP contribution in [0.4, 0.5) is 0 Å². The highest BCUT2D eigenvalue weighted by Crippen LogP contribution is 2.27. The third-order valence-electron chi connectivity index (χ3n) is 5.74. The van der Waals surface area contributed by atoms with Crippen molar-refractivity contribution in [1.82, 2.24) is 8.87 Å². The van der Waals surface area contributed by atoms with Crippen molar-refractivity contribution >= 4 is 54.8 Å². The van der Waals surface area contributed by atoms with Gasteiger partial charge in [-0.05, 0) is 49.4 Å². The molecule has 12 heteroatoms. The standard InChI is InChI=1S/C23H27N3O6S3/c1-3-32-22(28)16-8-9-18-19(14-16)34-23(26(18)11-12-31-2)24-21(27)17-6-4-10-25(15-17)35(29,30)20-7-5-13-33-20/h5,7-9,13-14,17H,3-4,6,10-12,15H2,1-2H3. The number of esters is 1. The van der Waals surface area contributed by atoms with Crippen LogP contribution in [0, 0.1) is 5.92 Å². The summed E-state index contributed by atoms with van der Waals surface area (Å²) in [5, 5.41) is 1.72. The molecule has 0 saturated carbocycles. The number of methoxy groups -OCH3 is 1. The molecule has 0 N–H and O–H groups in total. The first-order valence-electron chi connectivity index (χ1n) is 11.3. The molecule has 1 saturated heterocycles. The number of ether oxygens (including phenoxy) is 2. The number of nitrogens with zero attached hydrogens (tertiary/aromatic N) is 3. The van der Waals surface area contributed by atoms with Crippen LogP contribution < -0.4 is 4.80 Å². The normalized spacial score (nSPS) is 17.7. The van der Waals surface area contributed by atoms with Crippen LogP contribution in [0.15, 0.2) is 44.9 Å². The number of carbonyl (C=O) groups excluding carboxylic acids is 2. The van der Waals surface area contributed by atoms with Gasteiger partial charge in [0.05, 0.1) is 34.9 Å². The summed E-state index contributed by atoms with van der Waals surface area (Å²) in [4.78, 5) is 30.3. The molecule has 1 fully saturated rings. The average molecular weight is 538 g/mol. The minimum atomic E-state index is -3.62. The summed E-state index contributed by atoms with van der Waals surface area (Å²) in [5.74, 6) is -1.27. The second-order valence-corrected chi connectivity index (χ2v) is 12.1. The molecule has 35 heavy (non-hydrogen) atoms. The molecule has 0 spiro atoms. The van der Waals surface area contributed by atoms with E-state index in [4.69, 9.17) is 9.47 Å². The van der Waals surface area contributed by atoms with E-state index in [-0.39, 0.29) is 23.3 Å². The lowest BCUT2D eigenvalue weighted by Crippen LogP contribution is -2.42. The Balaban J connectivity index is 1.64. The number of fused-ring (bicyclic) bond motifs is 1. The topological polar surface area (TPSA) is 107 Å². The number of benzene rings is 1. The number of rotatable bonds is 8. The molecule has 1 aliphatic rings.